The summed E-state index contributed by atoms with van der Waals surface area (Å²) in [6, 6.07) is 15.4. The van der Waals surface area contributed by atoms with Crippen LogP contribution in [-0.4, -0.2) is 23.6 Å². The van der Waals surface area contributed by atoms with Gasteiger partial charge in [-0.05, 0) is 43.5 Å². The van der Waals surface area contributed by atoms with Gasteiger partial charge in [0.2, 0.25) is 5.91 Å². The smallest absolute Gasteiger partial charge is 0.253 e. The lowest BCUT2D eigenvalue weighted by Crippen LogP contribution is -2.32. The van der Waals surface area contributed by atoms with E-state index in [4.69, 9.17) is 0 Å². The molecule has 0 saturated carbocycles. The first-order valence-corrected chi connectivity index (χ1v) is 9.98. The topological polar surface area (TPSA) is 58.2 Å². The molecule has 138 valence electrons. The Labute approximate surface area is 159 Å². The fourth-order valence-electron chi connectivity index (χ4n) is 2.41. The summed E-state index contributed by atoms with van der Waals surface area (Å²) in [6.07, 6.45) is 0.857. The zero-order valence-corrected chi connectivity index (χ0v) is 16.4. The Morgan fingerprint density at radius 1 is 1.08 bits per heavy atom. The van der Waals surface area contributed by atoms with Gasteiger partial charge in [0, 0.05) is 11.8 Å². The molecule has 0 unspecified atom stereocenters. The molecule has 2 aromatic rings. The summed E-state index contributed by atoms with van der Waals surface area (Å²) in [5.41, 5.74) is 3.51. The number of benzene rings is 2. The molecule has 4 nitrogen and oxygen atoms in total. The average Bonchev–Trinajstić information content (AvgIpc) is 2.63. The summed E-state index contributed by atoms with van der Waals surface area (Å²) in [5, 5.41) is 5.80. The van der Waals surface area contributed by atoms with Crippen LogP contribution in [-0.2, 0) is 10.5 Å². The number of nitrogens with one attached hydrogen (secondary N) is 2. The van der Waals surface area contributed by atoms with Crippen molar-refractivity contribution in [3.05, 3.63) is 65.2 Å². The van der Waals surface area contributed by atoms with Crippen LogP contribution in [0.15, 0.2) is 48.5 Å². The highest BCUT2D eigenvalue weighted by molar-refractivity contribution is 7.99. The van der Waals surface area contributed by atoms with E-state index < -0.39 is 0 Å². The molecule has 2 N–H and O–H groups in total. The van der Waals surface area contributed by atoms with Gasteiger partial charge < -0.3 is 10.6 Å². The molecular formula is C21H26N2O2S. The third kappa shape index (κ3) is 5.92. The van der Waals surface area contributed by atoms with Gasteiger partial charge in [-0.15, -0.1) is 11.8 Å². The lowest BCUT2D eigenvalue weighted by molar-refractivity contribution is -0.113. The lowest BCUT2D eigenvalue weighted by Gasteiger charge is -2.14. The van der Waals surface area contributed by atoms with Crippen molar-refractivity contribution in [2.75, 3.05) is 11.1 Å². The third-order valence-corrected chi connectivity index (χ3v) is 5.17. The summed E-state index contributed by atoms with van der Waals surface area (Å²) in [4.78, 5) is 24.7. The maximum atomic E-state index is 12.4. The van der Waals surface area contributed by atoms with Crippen molar-refractivity contribution in [2.24, 2.45) is 0 Å². The molecule has 5 heteroatoms. The lowest BCUT2D eigenvalue weighted by atomic mass is 10.1. The molecular weight excluding hydrogens is 344 g/mol. The van der Waals surface area contributed by atoms with Crippen LogP contribution in [0.2, 0.25) is 0 Å². The number of carbonyl (C=O) groups excluding carboxylic acids is 2. The molecule has 0 heterocycles. The van der Waals surface area contributed by atoms with Crippen LogP contribution in [0.3, 0.4) is 0 Å². The van der Waals surface area contributed by atoms with E-state index in [1.54, 1.807) is 30.0 Å². The monoisotopic (exact) mass is 370 g/mol. The van der Waals surface area contributed by atoms with Crippen LogP contribution in [0.4, 0.5) is 5.69 Å². The number of amides is 2. The van der Waals surface area contributed by atoms with E-state index in [1.807, 2.05) is 32.0 Å². The van der Waals surface area contributed by atoms with E-state index in [1.165, 1.54) is 11.1 Å². The largest absolute Gasteiger partial charge is 0.350 e. The van der Waals surface area contributed by atoms with E-state index in [0.717, 1.165) is 12.2 Å². The first-order valence-electron chi connectivity index (χ1n) is 8.83. The van der Waals surface area contributed by atoms with Crippen LogP contribution in [0.5, 0.6) is 0 Å². The fourth-order valence-corrected chi connectivity index (χ4v) is 3.31. The summed E-state index contributed by atoms with van der Waals surface area (Å²) >= 11 is 1.56. The zero-order valence-electron chi connectivity index (χ0n) is 15.5. The number of anilines is 1. The molecule has 0 bridgehead atoms. The van der Waals surface area contributed by atoms with Gasteiger partial charge in [0.15, 0.2) is 0 Å². The minimum absolute atomic E-state index is 0.0934. The molecule has 2 rings (SSSR count). The van der Waals surface area contributed by atoms with Crippen LogP contribution in [0, 0.1) is 6.92 Å². The molecule has 0 aromatic heterocycles. The number of para-hydroxylation sites is 1. The summed E-state index contributed by atoms with van der Waals surface area (Å²) < 4.78 is 0. The van der Waals surface area contributed by atoms with Crippen molar-refractivity contribution in [1.29, 1.82) is 0 Å². The Balaban J connectivity index is 1.92. The molecule has 0 spiro atoms. The predicted molar refractivity (Wildman–Crippen MR) is 110 cm³/mol. The van der Waals surface area contributed by atoms with Gasteiger partial charge in [-0.3, -0.25) is 9.59 Å². The molecule has 0 aliphatic heterocycles. The van der Waals surface area contributed by atoms with Gasteiger partial charge in [0.25, 0.3) is 5.91 Å². The molecule has 2 amide bonds. The quantitative estimate of drug-likeness (QED) is 0.724. The standard InChI is InChI=1S/C21H26N2O2S/c1-4-16(3)22-21(25)18-11-7-8-12-19(18)23-20(24)14-26-13-17-10-6-5-9-15(17)2/h5-12,16H,4,13-14H2,1-3H3,(H,22,25)(H,23,24)/t16-/m1/s1. The average molecular weight is 371 g/mol. The SMILES string of the molecule is CC[C@@H](C)NC(=O)c1ccccc1NC(=O)CSCc1ccccc1C. The van der Waals surface area contributed by atoms with E-state index in [-0.39, 0.29) is 17.9 Å². The Morgan fingerprint density at radius 3 is 2.50 bits per heavy atom. The van der Waals surface area contributed by atoms with Gasteiger partial charge in [0.05, 0.1) is 17.0 Å². The van der Waals surface area contributed by atoms with Crippen molar-refractivity contribution < 1.29 is 9.59 Å². The Kier molecular flexibility index (Phi) is 7.73. The van der Waals surface area contributed by atoms with Crippen LogP contribution in [0.25, 0.3) is 0 Å². The molecule has 0 aliphatic rings. The van der Waals surface area contributed by atoms with E-state index >= 15 is 0 Å². The normalized spacial score (nSPS) is 11.7. The second-order valence-corrected chi connectivity index (χ2v) is 7.28. The van der Waals surface area contributed by atoms with Crippen LogP contribution < -0.4 is 10.6 Å². The maximum Gasteiger partial charge on any atom is 0.253 e. The summed E-state index contributed by atoms with van der Waals surface area (Å²) in [6.45, 7) is 6.05. The Morgan fingerprint density at radius 2 is 1.77 bits per heavy atom. The van der Waals surface area contributed by atoms with Crippen molar-refractivity contribution in [1.82, 2.24) is 5.32 Å². The molecule has 0 fully saturated rings. The van der Waals surface area contributed by atoms with Crippen molar-refractivity contribution in [2.45, 2.75) is 39.0 Å². The summed E-state index contributed by atoms with van der Waals surface area (Å²) in [7, 11) is 0. The van der Waals surface area contributed by atoms with Gasteiger partial charge in [-0.25, -0.2) is 0 Å². The third-order valence-electron chi connectivity index (χ3n) is 4.19. The first-order chi connectivity index (χ1) is 12.5. The Bertz CT molecular complexity index is 761. The van der Waals surface area contributed by atoms with Crippen LogP contribution in [0.1, 0.15) is 41.8 Å². The Hall–Kier alpha value is -2.27. The highest BCUT2D eigenvalue weighted by Crippen LogP contribution is 2.18. The van der Waals surface area contributed by atoms with E-state index in [9.17, 15) is 9.59 Å². The van der Waals surface area contributed by atoms with Gasteiger partial charge in [0.1, 0.15) is 0 Å². The van der Waals surface area contributed by atoms with Crippen molar-refractivity contribution in [3.63, 3.8) is 0 Å². The first kappa shape index (κ1) is 20.0. The highest BCUT2D eigenvalue weighted by Gasteiger charge is 2.14. The number of thioether (sulfide) groups is 1. The minimum Gasteiger partial charge on any atom is -0.350 e. The van der Waals surface area contributed by atoms with Crippen LogP contribution >= 0.6 is 11.8 Å². The van der Waals surface area contributed by atoms with Gasteiger partial charge >= 0.3 is 0 Å². The number of rotatable bonds is 8. The van der Waals surface area contributed by atoms with Crippen molar-refractivity contribution >= 4 is 29.3 Å². The molecule has 26 heavy (non-hydrogen) atoms. The fraction of sp³-hybridized carbons (Fsp3) is 0.333. The summed E-state index contributed by atoms with van der Waals surface area (Å²) in [5.74, 6) is 0.862. The van der Waals surface area contributed by atoms with Gasteiger partial charge in [-0.2, -0.15) is 0 Å². The maximum absolute atomic E-state index is 12.4. The molecule has 2 aromatic carbocycles. The molecule has 0 saturated heterocycles. The second kappa shape index (κ2) is 10.0. The predicted octanol–water partition coefficient (Wildman–Crippen LogP) is 4.40. The molecule has 1 atom stereocenters. The minimum atomic E-state index is -0.164. The number of hydrogen-bond donors (Lipinski definition) is 2. The van der Waals surface area contributed by atoms with Crippen molar-refractivity contribution in [3.8, 4) is 0 Å². The number of carbonyl (C=O) groups is 2. The number of hydrogen-bond acceptors (Lipinski definition) is 3. The number of aryl methyl sites for hydroxylation is 1. The molecule has 0 aliphatic carbocycles. The second-order valence-electron chi connectivity index (χ2n) is 6.30. The van der Waals surface area contributed by atoms with Gasteiger partial charge in [-0.1, -0.05) is 43.3 Å². The zero-order chi connectivity index (χ0) is 18.9. The van der Waals surface area contributed by atoms with E-state index in [0.29, 0.717) is 17.0 Å². The van der Waals surface area contributed by atoms with E-state index in [2.05, 4.69) is 29.7 Å². The highest BCUT2D eigenvalue weighted by atomic mass is 32.2. The molecule has 0 radical (unpaired) electrons.